The van der Waals surface area contributed by atoms with Crippen molar-refractivity contribution in [2.24, 2.45) is 0 Å². The normalized spacial score (nSPS) is 12.2. The van der Waals surface area contributed by atoms with Crippen LogP contribution in [0, 0.1) is 0 Å². The molecule has 0 saturated heterocycles. The number of hydrogen-bond acceptors (Lipinski definition) is 2. The summed E-state index contributed by atoms with van der Waals surface area (Å²) in [5, 5.41) is 9.58. The van der Waals surface area contributed by atoms with Crippen LogP contribution in [0.4, 0.5) is 5.69 Å². The number of nitrogens with zero attached hydrogens (tertiary/aromatic N) is 1. The van der Waals surface area contributed by atoms with Gasteiger partial charge in [-0.2, -0.15) is 0 Å². The Morgan fingerprint density at radius 1 is 1.16 bits per heavy atom. The van der Waals surface area contributed by atoms with E-state index in [4.69, 9.17) is 0 Å². The minimum atomic E-state index is -0.440. The molecule has 0 bridgehead atoms. The second-order valence-corrected chi connectivity index (χ2v) is 5.58. The first-order valence-corrected chi connectivity index (χ1v) is 7.10. The van der Waals surface area contributed by atoms with E-state index in [9.17, 15) is 5.11 Å². The number of aliphatic hydroxyl groups is 1. The third kappa shape index (κ3) is 3.58. The van der Waals surface area contributed by atoms with Gasteiger partial charge in [0.25, 0.3) is 0 Å². The Hall–Kier alpha value is -1.32. The lowest BCUT2D eigenvalue weighted by Crippen LogP contribution is -2.16. The van der Waals surface area contributed by atoms with Gasteiger partial charge in [-0.15, -0.1) is 0 Å². The molecule has 0 radical (unpaired) electrons. The average molecular weight is 320 g/mol. The van der Waals surface area contributed by atoms with Crippen LogP contribution in [0.5, 0.6) is 0 Å². The van der Waals surface area contributed by atoms with E-state index in [1.165, 1.54) is 5.56 Å². The minimum absolute atomic E-state index is 0.440. The van der Waals surface area contributed by atoms with E-state index in [0.717, 1.165) is 22.3 Å². The van der Waals surface area contributed by atoms with Crippen molar-refractivity contribution in [3.05, 3.63) is 64.1 Å². The molecule has 2 aromatic carbocycles. The molecular weight excluding hydrogens is 302 g/mol. The van der Waals surface area contributed by atoms with Gasteiger partial charge in [-0.3, -0.25) is 0 Å². The van der Waals surface area contributed by atoms with Gasteiger partial charge in [0.15, 0.2) is 0 Å². The third-order valence-corrected chi connectivity index (χ3v) is 3.76. The number of rotatable bonds is 4. The molecular formula is C16H18BrNO. The van der Waals surface area contributed by atoms with Gasteiger partial charge in [-0.05, 0) is 46.1 Å². The van der Waals surface area contributed by atoms with E-state index in [-0.39, 0.29) is 0 Å². The van der Waals surface area contributed by atoms with E-state index in [1.807, 2.05) is 24.3 Å². The van der Waals surface area contributed by atoms with Crippen molar-refractivity contribution in [3.63, 3.8) is 0 Å². The maximum Gasteiger partial charge on any atom is 0.0762 e. The molecule has 2 nitrogen and oxygen atoms in total. The Kier molecular flexibility index (Phi) is 4.61. The van der Waals surface area contributed by atoms with Gasteiger partial charge in [-0.25, -0.2) is 0 Å². The van der Waals surface area contributed by atoms with Crippen molar-refractivity contribution in [1.29, 1.82) is 0 Å². The summed E-state index contributed by atoms with van der Waals surface area (Å²) in [6.45, 7) is 2.63. The summed E-state index contributed by atoms with van der Waals surface area (Å²) >= 11 is 3.58. The van der Waals surface area contributed by atoms with Crippen LogP contribution in [0.1, 0.15) is 24.2 Å². The van der Waals surface area contributed by atoms with E-state index < -0.39 is 6.10 Å². The molecule has 0 aliphatic carbocycles. The molecule has 1 atom stereocenters. The zero-order chi connectivity index (χ0) is 13.8. The number of aliphatic hydroxyl groups excluding tert-OH is 1. The molecule has 0 fully saturated rings. The Morgan fingerprint density at radius 2 is 1.84 bits per heavy atom. The second-order valence-electron chi connectivity index (χ2n) is 4.73. The molecule has 2 aromatic rings. The van der Waals surface area contributed by atoms with Crippen LogP contribution in [0.25, 0.3) is 0 Å². The van der Waals surface area contributed by atoms with Gasteiger partial charge >= 0.3 is 0 Å². The van der Waals surface area contributed by atoms with Crippen molar-refractivity contribution in [1.82, 2.24) is 0 Å². The summed E-state index contributed by atoms with van der Waals surface area (Å²) in [4.78, 5) is 2.19. The fourth-order valence-electron chi connectivity index (χ4n) is 2.04. The van der Waals surface area contributed by atoms with Crippen molar-refractivity contribution in [2.45, 2.75) is 19.6 Å². The fraction of sp³-hybridized carbons (Fsp3) is 0.250. The molecule has 0 saturated carbocycles. The van der Waals surface area contributed by atoms with E-state index >= 15 is 0 Å². The summed E-state index contributed by atoms with van der Waals surface area (Å²) in [5.74, 6) is 0. The molecule has 0 aromatic heterocycles. The molecule has 0 amide bonds. The van der Waals surface area contributed by atoms with E-state index in [2.05, 4.69) is 52.1 Å². The molecule has 2 rings (SSSR count). The van der Waals surface area contributed by atoms with Crippen LogP contribution in [0.15, 0.2) is 53.0 Å². The average Bonchev–Trinajstić information content (AvgIpc) is 2.39. The van der Waals surface area contributed by atoms with E-state index in [0.29, 0.717) is 0 Å². The highest BCUT2D eigenvalue weighted by molar-refractivity contribution is 9.10. The molecule has 1 N–H and O–H groups in total. The van der Waals surface area contributed by atoms with Crippen LogP contribution in [0.2, 0.25) is 0 Å². The summed E-state index contributed by atoms with van der Waals surface area (Å²) in [6.07, 6.45) is -0.440. The predicted octanol–water partition coefficient (Wildman–Crippen LogP) is 4.14. The topological polar surface area (TPSA) is 23.5 Å². The zero-order valence-electron chi connectivity index (χ0n) is 11.2. The molecule has 3 heteroatoms. The van der Waals surface area contributed by atoms with Crippen molar-refractivity contribution >= 4 is 21.6 Å². The van der Waals surface area contributed by atoms with Gasteiger partial charge in [0.1, 0.15) is 0 Å². The maximum atomic E-state index is 9.58. The summed E-state index contributed by atoms with van der Waals surface area (Å²) in [6, 6.07) is 16.3. The monoisotopic (exact) mass is 319 g/mol. The Morgan fingerprint density at radius 3 is 2.42 bits per heavy atom. The third-order valence-electron chi connectivity index (χ3n) is 3.13. The Bertz CT molecular complexity index is 540. The number of hydrogen-bond donors (Lipinski definition) is 1. The molecule has 0 unspecified atom stereocenters. The van der Waals surface area contributed by atoms with Gasteiger partial charge in [0.05, 0.1) is 11.8 Å². The van der Waals surface area contributed by atoms with Crippen molar-refractivity contribution in [3.8, 4) is 0 Å². The molecule has 0 spiro atoms. The maximum absolute atomic E-state index is 9.58. The standard InChI is InChI=1S/C16H18BrNO/c1-12(19)14-8-9-16(15(17)10-14)18(2)11-13-6-4-3-5-7-13/h3-10,12,19H,11H2,1-2H3/t12-/m0/s1. The van der Waals surface area contributed by atoms with Crippen LogP contribution in [0.3, 0.4) is 0 Å². The van der Waals surface area contributed by atoms with Crippen LogP contribution in [-0.2, 0) is 6.54 Å². The number of halogens is 1. The highest BCUT2D eigenvalue weighted by Crippen LogP contribution is 2.29. The number of anilines is 1. The SMILES string of the molecule is C[C@H](O)c1ccc(N(C)Cc2ccccc2)c(Br)c1. The molecule has 0 aliphatic heterocycles. The van der Waals surface area contributed by atoms with Gasteiger partial charge in [-0.1, -0.05) is 36.4 Å². The second kappa shape index (κ2) is 6.22. The van der Waals surface area contributed by atoms with Crippen molar-refractivity contribution in [2.75, 3.05) is 11.9 Å². The molecule has 0 heterocycles. The Labute approximate surface area is 122 Å². The molecule has 100 valence electrons. The summed E-state index contributed by atoms with van der Waals surface area (Å²) < 4.78 is 1.00. The first kappa shape index (κ1) is 14.1. The lowest BCUT2D eigenvalue weighted by atomic mass is 10.1. The van der Waals surface area contributed by atoms with Crippen LogP contribution >= 0.6 is 15.9 Å². The quantitative estimate of drug-likeness (QED) is 0.915. The smallest absolute Gasteiger partial charge is 0.0762 e. The predicted molar refractivity (Wildman–Crippen MR) is 83.3 cm³/mol. The fourth-order valence-corrected chi connectivity index (χ4v) is 2.73. The first-order chi connectivity index (χ1) is 9.08. The summed E-state index contributed by atoms with van der Waals surface area (Å²) in [5.41, 5.74) is 3.31. The molecule has 19 heavy (non-hydrogen) atoms. The summed E-state index contributed by atoms with van der Waals surface area (Å²) in [7, 11) is 2.06. The lowest BCUT2D eigenvalue weighted by Gasteiger charge is -2.21. The van der Waals surface area contributed by atoms with Crippen LogP contribution in [-0.4, -0.2) is 12.2 Å². The van der Waals surface area contributed by atoms with E-state index in [1.54, 1.807) is 6.92 Å². The number of benzene rings is 2. The highest BCUT2D eigenvalue weighted by Gasteiger charge is 2.09. The van der Waals surface area contributed by atoms with Crippen molar-refractivity contribution < 1.29 is 5.11 Å². The minimum Gasteiger partial charge on any atom is -0.389 e. The Balaban J connectivity index is 2.17. The lowest BCUT2D eigenvalue weighted by molar-refractivity contribution is 0.199. The van der Waals surface area contributed by atoms with Gasteiger partial charge < -0.3 is 10.0 Å². The zero-order valence-corrected chi connectivity index (χ0v) is 12.8. The van der Waals surface area contributed by atoms with Crippen LogP contribution < -0.4 is 4.90 Å². The first-order valence-electron chi connectivity index (χ1n) is 6.30. The highest BCUT2D eigenvalue weighted by atomic mass is 79.9. The molecule has 0 aliphatic rings. The largest absolute Gasteiger partial charge is 0.389 e. The van der Waals surface area contributed by atoms with Gasteiger partial charge in [0.2, 0.25) is 0 Å². The van der Waals surface area contributed by atoms with Gasteiger partial charge in [0, 0.05) is 18.1 Å².